The maximum atomic E-state index is 11.8. The maximum Gasteiger partial charge on any atom is 0.323 e. The summed E-state index contributed by atoms with van der Waals surface area (Å²) in [5.74, 6) is -0.745. The van der Waals surface area contributed by atoms with Crippen molar-refractivity contribution in [3.63, 3.8) is 0 Å². The number of methoxy groups -OCH3 is 1. The number of nitrogens with one attached hydrogen (secondary N) is 2. The van der Waals surface area contributed by atoms with Gasteiger partial charge < -0.3 is 10.1 Å². The van der Waals surface area contributed by atoms with E-state index in [4.69, 9.17) is 4.74 Å². The van der Waals surface area contributed by atoms with Crippen molar-refractivity contribution in [1.29, 1.82) is 0 Å². The lowest BCUT2D eigenvalue weighted by molar-refractivity contribution is -0.145. The summed E-state index contributed by atoms with van der Waals surface area (Å²) >= 11 is 0. The van der Waals surface area contributed by atoms with Crippen LogP contribution in [-0.4, -0.2) is 54.6 Å². The van der Waals surface area contributed by atoms with Gasteiger partial charge in [0.05, 0.1) is 7.11 Å². The zero-order valence-corrected chi connectivity index (χ0v) is 9.78. The second kappa shape index (κ2) is 3.99. The van der Waals surface area contributed by atoms with Crippen LogP contribution in [0.1, 0.15) is 13.3 Å². The minimum atomic E-state index is -0.980. The fraction of sp³-hybridized carbons (Fsp3) is 0.700. The Morgan fingerprint density at radius 3 is 2.76 bits per heavy atom. The van der Waals surface area contributed by atoms with Gasteiger partial charge in [-0.25, -0.2) is 4.79 Å². The highest BCUT2D eigenvalue weighted by Gasteiger charge is 2.55. The van der Waals surface area contributed by atoms with E-state index in [1.165, 1.54) is 7.11 Å². The highest BCUT2D eigenvalue weighted by molar-refractivity contribution is 6.07. The van der Waals surface area contributed by atoms with Gasteiger partial charge in [0.2, 0.25) is 0 Å². The highest BCUT2D eigenvalue weighted by Crippen LogP contribution is 2.30. The SMILES string of the molecule is CCN1C[C@@]2(C[C@H]1C(=O)OC)NC(=O)NC2=O. The average Bonchev–Trinajstić information content (AvgIpc) is 2.80. The Balaban J connectivity index is 2.22. The van der Waals surface area contributed by atoms with E-state index in [2.05, 4.69) is 10.6 Å². The molecular formula is C10H15N3O4. The molecule has 2 atom stereocenters. The second-order valence-corrected chi connectivity index (χ2v) is 4.30. The first-order valence-electron chi connectivity index (χ1n) is 5.48. The van der Waals surface area contributed by atoms with E-state index in [0.717, 1.165) is 0 Å². The lowest BCUT2D eigenvalue weighted by atomic mass is 9.96. The van der Waals surface area contributed by atoms with Crippen molar-refractivity contribution in [2.45, 2.75) is 24.9 Å². The van der Waals surface area contributed by atoms with Crippen LogP contribution in [0.2, 0.25) is 0 Å². The molecule has 0 radical (unpaired) electrons. The van der Waals surface area contributed by atoms with Gasteiger partial charge in [-0.2, -0.15) is 0 Å². The quantitative estimate of drug-likeness (QED) is 0.470. The van der Waals surface area contributed by atoms with E-state index >= 15 is 0 Å². The van der Waals surface area contributed by atoms with Crippen LogP contribution in [0, 0.1) is 0 Å². The standard InChI is InChI=1S/C10H15N3O4/c1-3-13-5-10(4-6(13)7(14)17-2)8(15)11-9(16)12-10/h6H,3-5H2,1-2H3,(H2,11,12,15,16)/t6-,10+/m0/s1. The molecule has 3 amide bonds. The molecule has 7 nitrogen and oxygen atoms in total. The number of hydrogen-bond acceptors (Lipinski definition) is 5. The molecule has 94 valence electrons. The Kier molecular flexibility index (Phi) is 2.78. The number of likely N-dealkylation sites (N-methyl/N-ethyl adjacent to an activating group) is 1. The number of hydrogen-bond donors (Lipinski definition) is 2. The smallest absolute Gasteiger partial charge is 0.323 e. The second-order valence-electron chi connectivity index (χ2n) is 4.30. The zero-order chi connectivity index (χ0) is 12.6. The van der Waals surface area contributed by atoms with Crippen molar-refractivity contribution in [3.05, 3.63) is 0 Å². The van der Waals surface area contributed by atoms with Gasteiger partial charge in [0.15, 0.2) is 0 Å². The largest absolute Gasteiger partial charge is 0.468 e. The van der Waals surface area contributed by atoms with Crippen molar-refractivity contribution in [3.8, 4) is 0 Å². The van der Waals surface area contributed by atoms with Gasteiger partial charge in [-0.05, 0) is 6.54 Å². The molecule has 2 rings (SSSR count). The molecule has 0 aliphatic carbocycles. The van der Waals surface area contributed by atoms with E-state index < -0.39 is 17.6 Å². The molecule has 0 aromatic carbocycles. The topological polar surface area (TPSA) is 87.7 Å². The van der Waals surface area contributed by atoms with E-state index in [0.29, 0.717) is 13.1 Å². The molecule has 0 aromatic heterocycles. The Morgan fingerprint density at radius 2 is 2.29 bits per heavy atom. The molecule has 1 spiro atoms. The number of carbonyl (C=O) groups excluding carboxylic acids is 3. The number of imide groups is 1. The van der Waals surface area contributed by atoms with Crippen molar-refractivity contribution in [2.24, 2.45) is 0 Å². The molecule has 2 saturated heterocycles. The summed E-state index contributed by atoms with van der Waals surface area (Å²) in [5, 5.41) is 4.81. The minimum Gasteiger partial charge on any atom is -0.468 e. The molecule has 7 heteroatoms. The molecule has 0 aromatic rings. The third kappa shape index (κ3) is 1.76. The Hall–Kier alpha value is -1.63. The third-order valence-corrected chi connectivity index (χ3v) is 3.35. The number of amides is 3. The summed E-state index contributed by atoms with van der Waals surface area (Å²) in [4.78, 5) is 36.4. The van der Waals surface area contributed by atoms with Gasteiger partial charge in [0, 0.05) is 13.0 Å². The molecule has 0 bridgehead atoms. The molecular weight excluding hydrogens is 226 g/mol. The number of ether oxygens (including phenoxy) is 1. The van der Waals surface area contributed by atoms with Crippen LogP contribution in [0.4, 0.5) is 4.79 Å². The molecule has 0 unspecified atom stereocenters. The molecule has 2 heterocycles. The van der Waals surface area contributed by atoms with Gasteiger partial charge in [-0.1, -0.05) is 6.92 Å². The Bertz CT molecular complexity index is 384. The maximum absolute atomic E-state index is 11.8. The molecule has 2 N–H and O–H groups in total. The number of urea groups is 1. The predicted octanol–water partition coefficient (Wildman–Crippen LogP) is -1.17. The number of likely N-dealkylation sites (tertiary alicyclic amines) is 1. The van der Waals surface area contributed by atoms with Gasteiger partial charge in [-0.15, -0.1) is 0 Å². The first-order chi connectivity index (χ1) is 8.02. The molecule has 2 aliphatic rings. The van der Waals surface area contributed by atoms with Gasteiger partial charge in [-0.3, -0.25) is 19.8 Å². The summed E-state index contributed by atoms with van der Waals surface area (Å²) in [6.45, 7) is 2.84. The molecule has 0 saturated carbocycles. The first-order valence-corrected chi connectivity index (χ1v) is 5.48. The van der Waals surface area contributed by atoms with Crippen LogP contribution in [0.3, 0.4) is 0 Å². The van der Waals surface area contributed by atoms with Gasteiger partial charge in [0.25, 0.3) is 5.91 Å². The van der Waals surface area contributed by atoms with Crippen molar-refractivity contribution < 1.29 is 19.1 Å². The van der Waals surface area contributed by atoms with E-state index in [1.807, 2.05) is 11.8 Å². The summed E-state index contributed by atoms with van der Waals surface area (Å²) in [6.07, 6.45) is 0.255. The van der Waals surface area contributed by atoms with Crippen LogP contribution in [0.25, 0.3) is 0 Å². The van der Waals surface area contributed by atoms with E-state index in [1.54, 1.807) is 0 Å². The normalized spacial score (nSPS) is 32.7. The van der Waals surface area contributed by atoms with Gasteiger partial charge >= 0.3 is 12.0 Å². The fourth-order valence-corrected chi connectivity index (χ4v) is 2.46. The van der Waals surface area contributed by atoms with E-state index in [-0.39, 0.29) is 18.3 Å². The van der Waals surface area contributed by atoms with E-state index in [9.17, 15) is 14.4 Å². The zero-order valence-electron chi connectivity index (χ0n) is 9.78. The lowest BCUT2D eigenvalue weighted by Crippen LogP contribution is -2.49. The number of rotatable bonds is 2. The summed E-state index contributed by atoms with van der Waals surface area (Å²) in [6, 6.07) is -0.981. The summed E-state index contributed by atoms with van der Waals surface area (Å²) < 4.78 is 4.71. The third-order valence-electron chi connectivity index (χ3n) is 3.35. The number of nitrogens with zero attached hydrogens (tertiary/aromatic N) is 1. The van der Waals surface area contributed by atoms with Crippen molar-refractivity contribution in [2.75, 3.05) is 20.2 Å². The molecule has 17 heavy (non-hydrogen) atoms. The minimum absolute atomic E-state index is 0.255. The highest BCUT2D eigenvalue weighted by atomic mass is 16.5. The van der Waals surface area contributed by atoms with Crippen LogP contribution in [-0.2, 0) is 14.3 Å². The monoisotopic (exact) mass is 241 g/mol. The summed E-state index contributed by atoms with van der Waals surface area (Å²) in [5.41, 5.74) is -0.980. The van der Waals surface area contributed by atoms with Crippen LogP contribution >= 0.6 is 0 Å². The van der Waals surface area contributed by atoms with Gasteiger partial charge in [0.1, 0.15) is 11.6 Å². The van der Waals surface area contributed by atoms with Crippen LogP contribution < -0.4 is 10.6 Å². The predicted molar refractivity (Wildman–Crippen MR) is 57.1 cm³/mol. The molecule has 2 aliphatic heterocycles. The van der Waals surface area contributed by atoms with Crippen LogP contribution in [0.15, 0.2) is 0 Å². The Morgan fingerprint density at radius 1 is 1.59 bits per heavy atom. The van der Waals surface area contributed by atoms with Crippen LogP contribution in [0.5, 0.6) is 0 Å². The lowest BCUT2D eigenvalue weighted by Gasteiger charge is -2.20. The first kappa shape index (κ1) is 11.8. The number of carbonyl (C=O) groups is 3. The average molecular weight is 241 g/mol. The number of esters is 1. The molecule has 2 fully saturated rings. The Labute approximate surface area is 98.5 Å². The fourth-order valence-electron chi connectivity index (χ4n) is 2.46. The van der Waals surface area contributed by atoms with Crippen molar-refractivity contribution >= 4 is 17.9 Å². The van der Waals surface area contributed by atoms with Crippen molar-refractivity contribution in [1.82, 2.24) is 15.5 Å². The summed E-state index contributed by atoms with van der Waals surface area (Å²) in [7, 11) is 1.31.